The average Bonchev–Trinajstić information content (AvgIpc) is 2.76. The van der Waals surface area contributed by atoms with Gasteiger partial charge >= 0.3 is 0 Å². The summed E-state index contributed by atoms with van der Waals surface area (Å²) in [5, 5.41) is 5.23. The molecule has 0 aliphatic carbocycles. The lowest BCUT2D eigenvalue weighted by atomic mass is 9.96. The molecule has 2 rings (SSSR count). The zero-order valence-corrected chi connectivity index (χ0v) is 12.7. The van der Waals surface area contributed by atoms with Crippen LogP contribution in [0, 0.1) is 0 Å². The van der Waals surface area contributed by atoms with Crippen molar-refractivity contribution in [3.63, 3.8) is 0 Å². The van der Waals surface area contributed by atoms with Gasteiger partial charge in [0.05, 0.1) is 5.69 Å². The fourth-order valence-electron chi connectivity index (χ4n) is 2.21. The topological polar surface area (TPSA) is 17.8 Å². The number of nitrogens with zero attached hydrogens (tertiary/aromatic N) is 2. The highest BCUT2D eigenvalue weighted by atomic mass is 35.5. The summed E-state index contributed by atoms with van der Waals surface area (Å²) in [6.45, 7) is 2.11. The molecule has 1 atom stereocenters. The van der Waals surface area contributed by atoms with Crippen molar-refractivity contribution in [2.45, 2.75) is 25.7 Å². The van der Waals surface area contributed by atoms with Gasteiger partial charge in [-0.15, -0.1) is 11.6 Å². The molecule has 1 aromatic heterocycles. The summed E-state index contributed by atoms with van der Waals surface area (Å²) >= 11 is 12.2. The van der Waals surface area contributed by atoms with E-state index in [1.54, 1.807) is 0 Å². The Morgan fingerprint density at radius 1 is 1.32 bits per heavy atom. The van der Waals surface area contributed by atoms with Crippen molar-refractivity contribution in [3.05, 3.63) is 52.3 Å². The molecular weight excluding hydrogens is 279 g/mol. The molecule has 1 heterocycles. The zero-order valence-electron chi connectivity index (χ0n) is 11.2. The molecule has 0 saturated carbocycles. The van der Waals surface area contributed by atoms with Crippen LogP contribution in [0.25, 0.3) is 0 Å². The number of hydrogen-bond donors (Lipinski definition) is 0. The van der Waals surface area contributed by atoms with Gasteiger partial charge in [-0.3, -0.25) is 4.68 Å². The molecular formula is C15H18Cl2N2. The molecule has 0 saturated heterocycles. The first kappa shape index (κ1) is 14.4. The van der Waals surface area contributed by atoms with Crippen molar-refractivity contribution in [1.82, 2.24) is 9.78 Å². The van der Waals surface area contributed by atoms with E-state index in [1.807, 2.05) is 29.9 Å². The third-order valence-electron chi connectivity index (χ3n) is 3.35. The van der Waals surface area contributed by atoms with Gasteiger partial charge < -0.3 is 0 Å². The maximum atomic E-state index is 6.12. The van der Waals surface area contributed by atoms with E-state index in [2.05, 4.69) is 24.2 Å². The molecule has 4 heteroatoms. The third-order valence-corrected chi connectivity index (χ3v) is 3.96. The molecule has 1 aromatic carbocycles. The highest BCUT2D eigenvalue weighted by Gasteiger charge is 2.14. The van der Waals surface area contributed by atoms with Crippen LogP contribution >= 0.6 is 23.2 Å². The fraction of sp³-hybridized carbons (Fsp3) is 0.400. The van der Waals surface area contributed by atoms with Crippen LogP contribution in [-0.2, 0) is 19.9 Å². The van der Waals surface area contributed by atoms with Gasteiger partial charge in [0.15, 0.2) is 0 Å². The predicted octanol–water partition coefficient (Wildman–Crippen LogP) is 4.20. The van der Waals surface area contributed by atoms with Gasteiger partial charge in [-0.2, -0.15) is 5.10 Å². The monoisotopic (exact) mass is 296 g/mol. The number of benzene rings is 1. The van der Waals surface area contributed by atoms with Crippen LogP contribution in [-0.4, -0.2) is 15.7 Å². The Morgan fingerprint density at radius 2 is 2.11 bits per heavy atom. The molecule has 0 aliphatic rings. The summed E-state index contributed by atoms with van der Waals surface area (Å²) in [4.78, 5) is 0. The van der Waals surface area contributed by atoms with Crippen molar-refractivity contribution in [1.29, 1.82) is 0 Å². The van der Waals surface area contributed by atoms with Gasteiger partial charge in [0.25, 0.3) is 0 Å². The number of hydrogen-bond acceptors (Lipinski definition) is 1. The second-order valence-electron chi connectivity index (χ2n) is 4.71. The van der Waals surface area contributed by atoms with E-state index in [0.717, 1.165) is 23.6 Å². The molecule has 0 fully saturated rings. The molecule has 19 heavy (non-hydrogen) atoms. The molecule has 0 amide bonds. The van der Waals surface area contributed by atoms with E-state index in [0.29, 0.717) is 5.88 Å². The van der Waals surface area contributed by atoms with Gasteiger partial charge in [-0.25, -0.2) is 0 Å². The SMILES string of the molecule is CCc1cc(CC(CCl)c2cccc(Cl)c2)n(C)n1. The Balaban J connectivity index is 2.21. The molecule has 0 bridgehead atoms. The van der Waals surface area contributed by atoms with E-state index >= 15 is 0 Å². The van der Waals surface area contributed by atoms with Gasteiger partial charge in [0.2, 0.25) is 0 Å². The number of halogens is 2. The lowest BCUT2D eigenvalue weighted by Gasteiger charge is -2.14. The first-order valence-corrected chi connectivity index (χ1v) is 7.38. The molecule has 0 spiro atoms. The van der Waals surface area contributed by atoms with Crippen molar-refractivity contribution in [2.75, 3.05) is 5.88 Å². The largest absolute Gasteiger partial charge is 0.272 e. The van der Waals surface area contributed by atoms with Crippen LogP contribution < -0.4 is 0 Å². The summed E-state index contributed by atoms with van der Waals surface area (Å²) in [6.07, 6.45) is 1.84. The minimum atomic E-state index is 0.264. The van der Waals surface area contributed by atoms with E-state index in [-0.39, 0.29) is 5.92 Å². The number of aryl methyl sites for hydroxylation is 2. The minimum Gasteiger partial charge on any atom is -0.272 e. The van der Waals surface area contributed by atoms with Crippen molar-refractivity contribution >= 4 is 23.2 Å². The molecule has 2 nitrogen and oxygen atoms in total. The van der Waals surface area contributed by atoms with Crippen molar-refractivity contribution in [2.24, 2.45) is 7.05 Å². The Hall–Kier alpha value is -0.990. The summed E-state index contributed by atoms with van der Waals surface area (Å²) in [7, 11) is 1.98. The summed E-state index contributed by atoms with van der Waals surface area (Å²) < 4.78 is 1.95. The van der Waals surface area contributed by atoms with Gasteiger partial charge in [-0.1, -0.05) is 30.7 Å². The Labute approximate surface area is 124 Å². The van der Waals surface area contributed by atoms with Gasteiger partial charge in [0, 0.05) is 29.6 Å². The van der Waals surface area contributed by atoms with Crippen LogP contribution in [0.1, 0.15) is 29.8 Å². The highest BCUT2D eigenvalue weighted by Crippen LogP contribution is 2.25. The van der Waals surface area contributed by atoms with Crippen molar-refractivity contribution < 1.29 is 0 Å². The number of alkyl halides is 1. The molecule has 102 valence electrons. The average molecular weight is 297 g/mol. The molecule has 2 aromatic rings. The normalized spacial score (nSPS) is 12.6. The predicted molar refractivity (Wildman–Crippen MR) is 81.2 cm³/mol. The Bertz CT molecular complexity index is 549. The second kappa shape index (κ2) is 6.44. The first-order valence-electron chi connectivity index (χ1n) is 6.47. The van der Waals surface area contributed by atoms with Crippen LogP contribution in [0.3, 0.4) is 0 Å². The maximum Gasteiger partial charge on any atom is 0.0624 e. The third kappa shape index (κ3) is 3.52. The number of rotatable bonds is 5. The van der Waals surface area contributed by atoms with E-state index < -0.39 is 0 Å². The quantitative estimate of drug-likeness (QED) is 0.756. The maximum absolute atomic E-state index is 6.12. The Morgan fingerprint density at radius 3 is 2.68 bits per heavy atom. The smallest absolute Gasteiger partial charge is 0.0624 e. The lowest BCUT2D eigenvalue weighted by molar-refractivity contribution is 0.655. The van der Waals surface area contributed by atoms with Crippen LogP contribution in [0.15, 0.2) is 30.3 Å². The summed E-state index contributed by atoms with van der Waals surface area (Å²) in [6, 6.07) is 10.1. The Kier molecular flexibility index (Phi) is 4.89. The summed E-state index contributed by atoms with van der Waals surface area (Å²) in [5.41, 5.74) is 3.51. The van der Waals surface area contributed by atoms with Crippen LogP contribution in [0.4, 0.5) is 0 Å². The van der Waals surface area contributed by atoms with Crippen LogP contribution in [0.2, 0.25) is 5.02 Å². The fourth-order valence-corrected chi connectivity index (χ4v) is 2.70. The molecule has 0 aliphatic heterocycles. The van der Waals surface area contributed by atoms with E-state index in [9.17, 15) is 0 Å². The van der Waals surface area contributed by atoms with Crippen molar-refractivity contribution in [3.8, 4) is 0 Å². The second-order valence-corrected chi connectivity index (χ2v) is 5.46. The van der Waals surface area contributed by atoms with E-state index in [4.69, 9.17) is 23.2 Å². The van der Waals surface area contributed by atoms with Gasteiger partial charge in [-0.05, 0) is 36.6 Å². The first-order chi connectivity index (χ1) is 9.13. The van der Waals surface area contributed by atoms with E-state index in [1.165, 1.54) is 11.3 Å². The van der Waals surface area contributed by atoms with Gasteiger partial charge in [0.1, 0.15) is 0 Å². The standard InChI is InChI=1S/C15H18Cl2N2/c1-3-14-9-15(19(2)18-14)8-12(10-16)11-5-4-6-13(17)7-11/h4-7,9,12H,3,8,10H2,1-2H3. The number of aromatic nitrogens is 2. The highest BCUT2D eigenvalue weighted by molar-refractivity contribution is 6.30. The van der Waals surface area contributed by atoms with Crippen LogP contribution in [0.5, 0.6) is 0 Å². The molecule has 0 radical (unpaired) electrons. The molecule has 0 N–H and O–H groups in total. The lowest BCUT2D eigenvalue weighted by Crippen LogP contribution is -2.08. The molecule has 1 unspecified atom stereocenters. The zero-order chi connectivity index (χ0) is 13.8. The summed E-state index contributed by atoms with van der Waals surface area (Å²) in [5.74, 6) is 0.841. The minimum absolute atomic E-state index is 0.264.